The second kappa shape index (κ2) is 8.61. The highest BCUT2D eigenvalue weighted by Gasteiger charge is 2.18. The van der Waals surface area contributed by atoms with Gasteiger partial charge in [-0.15, -0.1) is 0 Å². The Morgan fingerprint density at radius 1 is 1.06 bits per heavy atom. The zero-order valence-corrected chi connectivity index (χ0v) is 17.6. The van der Waals surface area contributed by atoms with Crippen molar-refractivity contribution in [2.24, 2.45) is 0 Å². The average molecular weight is 436 g/mol. The Bertz CT molecular complexity index is 1290. The molecule has 31 heavy (non-hydrogen) atoms. The minimum absolute atomic E-state index is 0.166. The average Bonchev–Trinajstić information content (AvgIpc) is 3.23. The summed E-state index contributed by atoms with van der Waals surface area (Å²) in [4.78, 5) is 16.6. The van der Waals surface area contributed by atoms with Gasteiger partial charge in [0.1, 0.15) is 5.75 Å². The Balaban J connectivity index is 1.45. The zero-order chi connectivity index (χ0) is 21.8. The third-order valence-corrected chi connectivity index (χ3v) is 6.43. The highest BCUT2D eigenvalue weighted by molar-refractivity contribution is 7.91. The number of nitrogens with zero attached hydrogens (tertiary/aromatic N) is 1. The Hall–Kier alpha value is -3.65. The molecule has 4 aromatic rings. The molecule has 8 heteroatoms. The van der Waals surface area contributed by atoms with Crippen LogP contribution in [0.15, 0.2) is 87.3 Å². The van der Waals surface area contributed by atoms with Crippen molar-refractivity contribution in [2.45, 2.75) is 23.3 Å². The molecule has 2 heterocycles. The van der Waals surface area contributed by atoms with Gasteiger partial charge in [-0.1, -0.05) is 18.2 Å². The fourth-order valence-electron chi connectivity index (χ4n) is 3.09. The number of aromatic nitrogens is 1. The molecule has 1 N–H and O–H groups in total. The molecule has 2 aromatic heterocycles. The van der Waals surface area contributed by atoms with Crippen molar-refractivity contribution in [1.29, 1.82) is 0 Å². The maximum absolute atomic E-state index is 12.9. The molecule has 0 radical (unpaired) electrons. The molecule has 0 unspecified atom stereocenters. The van der Waals surface area contributed by atoms with Gasteiger partial charge in [0, 0.05) is 18.1 Å². The van der Waals surface area contributed by atoms with Gasteiger partial charge in [0.15, 0.2) is 11.3 Å². The number of benzene rings is 2. The van der Waals surface area contributed by atoms with Crippen LogP contribution >= 0.6 is 0 Å². The molecule has 0 atom stereocenters. The van der Waals surface area contributed by atoms with Crippen LogP contribution in [-0.4, -0.2) is 25.9 Å². The van der Waals surface area contributed by atoms with Crippen LogP contribution in [0.1, 0.15) is 23.0 Å². The summed E-state index contributed by atoms with van der Waals surface area (Å²) in [6.45, 7) is 2.52. The minimum atomic E-state index is -3.67. The number of sulfone groups is 1. The van der Waals surface area contributed by atoms with Crippen molar-refractivity contribution in [2.75, 3.05) is 6.61 Å². The zero-order valence-electron chi connectivity index (χ0n) is 16.7. The number of carbonyl (C=O) groups is 1. The molecule has 0 spiro atoms. The smallest absolute Gasteiger partial charge is 0.287 e. The number of amides is 1. The van der Waals surface area contributed by atoms with Gasteiger partial charge in [0.2, 0.25) is 9.84 Å². The van der Waals surface area contributed by atoms with Gasteiger partial charge in [-0.2, -0.15) is 0 Å². The lowest BCUT2D eigenvalue weighted by atomic mass is 10.2. The lowest BCUT2D eigenvalue weighted by molar-refractivity contribution is 0.0925. The molecule has 1 amide bonds. The van der Waals surface area contributed by atoms with Gasteiger partial charge in [-0.3, -0.25) is 9.78 Å². The van der Waals surface area contributed by atoms with E-state index >= 15 is 0 Å². The number of carbonyl (C=O) groups excluding carboxylic acids is 1. The maximum Gasteiger partial charge on any atom is 0.287 e. The molecule has 0 bridgehead atoms. The lowest BCUT2D eigenvalue weighted by Gasteiger charge is -2.09. The summed E-state index contributed by atoms with van der Waals surface area (Å²) in [6.07, 6.45) is 3.18. The standard InChI is InChI=1S/C23H20N2O5S/c1-2-29-18-4-3-5-20(13-18)31(27,28)19-8-6-16(7-9-19)14-25-23(26)21-12-17-10-11-24-15-22(17)30-21/h3-13,15H,2,14H2,1H3,(H,25,26). The summed E-state index contributed by atoms with van der Waals surface area (Å²) < 4.78 is 36.7. The summed E-state index contributed by atoms with van der Waals surface area (Å²) in [5, 5.41) is 3.56. The summed E-state index contributed by atoms with van der Waals surface area (Å²) in [7, 11) is -3.67. The second-order valence-corrected chi connectivity index (χ2v) is 8.71. The summed E-state index contributed by atoms with van der Waals surface area (Å²) >= 11 is 0. The molecule has 7 nitrogen and oxygen atoms in total. The van der Waals surface area contributed by atoms with E-state index in [9.17, 15) is 13.2 Å². The van der Waals surface area contributed by atoms with Crippen LogP contribution in [0.2, 0.25) is 0 Å². The Morgan fingerprint density at radius 3 is 2.61 bits per heavy atom. The summed E-state index contributed by atoms with van der Waals surface area (Å²) in [5.74, 6) is 0.335. The van der Waals surface area contributed by atoms with Gasteiger partial charge in [0.25, 0.3) is 5.91 Å². The number of pyridine rings is 1. The number of furan rings is 1. The van der Waals surface area contributed by atoms with Gasteiger partial charge >= 0.3 is 0 Å². The number of fused-ring (bicyclic) bond motifs is 1. The fraction of sp³-hybridized carbons (Fsp3) is 0.130. The third-order valence-electron chi connectivity index (χ3n) is 4.66. The SMILES string of the molecule is CCOc1cccc(S(=O)(=O)c2ccc(CNC(=O)c3cc4ccncc4o3)cc2)c1. The first-order chi connectivity index (χ1) is 15.0. The van der Waals surface area contributed by atoms with E-state index in [0.717, 1.165) is 10.9 Å². The van der Waals surface area contributed by atoms with Crippen LogP contribution in [0, 0.1) is 0 Å². The van der Waals surface area contributed by atoms with Crippen molar-refractivity contribution in [3.63, 3.8) is 0 Å². The lowest BCUT2D eigenvalue weighted by Crippen LogP contribution is -2.22. The van der Waals surface area contributed by atoms with Crippen LogP contribution in [0.4, 0.5) is 0 Å². The van der Waals surface area contributed by atoms with E-state index in [1.807, 2.05) is 6.92 Å². The van der Waals surface area contributed by atoms with Crippen LogP contribution in [0.3, 0.4) is 0 Å². The first-order valence-electron chi connectivity index (χ1n) is 9.66. The van der Waals surface area contributed by atoms with Crippen molar-refractivity contribution >= 4 is 26.7 Å². The van der Waals surface area contributed by atoms with Crippen molar-refractivity contribution in [1.82, 2.24) is 10.3 Å². The third kappa shape index (κ3) is 4.44. The largest absolute Gasteiger partial charge is 0.494 e. The van der Waals surface area contributed by atoms with E-state index in [2.05, 4.69) is 10.3 Å². The van der Waals surface area contributed by atoms with E-state index in [0.29, 0.717) is 17.9 Å². The first kappa shape index (κ1) is 20.6. The van der Waals surface area contributed by atoms with E-state index < -0.39 is 9.84 Å². The molecule has 0 saturated heterocycles. The van der Waals surface area contributed by atoms with E-state index in [1.54, 1.807) is 48.8 Å². The molecular weight excluding hydrogens is 416 g/mol. The normalized spacial score (nSPS) is 11.4. The van der Waals surface area contributed by atoms with Gasteiger partial charge in [-0.25, -0.2) is 8.42 Å². The summed E-state index contributed by atoms with van der Waals surface area (Å²) in [6, 6.07) is 16.2. The van der Waals surface area contributed by atoms with Crippen molar-refractivity contribution in [3.8, 4) is 5.75 Å². The molecule has 0 saturated carbocycles. The molecule has 0 aliphatic carbocycles. The van der Waals surface area contributed by atoms with E-state index in [4.69, 9.17) is 9.15 Å². The fourth-order valence-corrected chi connectivity index (χ4v) is 4.38. The second-order valence-electron chi connectivity index (χ2n) is 6.76. The molecule has 158 valence electrons. The predicted octanol–water partition coefficient (Wildman–Crippen LogP) is 3.99. The van der Waals surface area contributed by atoms with Crippen LogP contribution in [0.25, 0.3) is 11.0 Å². The van der Waals surface area contributed by atoms with Gasteiger partial charge in [0.05, 0.1) is 22.6 Å². The van der Waals surface area contributed by atoms with Crippen molar-refractivity contribution in [3.05, 3.63) is 84.4 Å². The van der Waals surface area contributed by atoms with Crippen LogP contribution < -0.4 is 10.1 Å². The monoisotopic (exact) mass is 436 g/mol. The van der Waals surface area contributed by atoms with Crippen LogP contribution in [0.5, 0.6) is 5.75 Å². The first-order valence-corrected chi connectivity index (χ1v) is 11.1. The Labute approximate surface area is 179 Å². The van der Waals surface area contributed by atoms with E-state index in [-0.39, 0.29) is 28.0 Å². The molecule has 0 aliphatic rings. The topological polar surface area (TPSA) is 98.5 Å². The number of nitrogens with one attached hydrogen (secondary N) is 1. The van der Waals surface area contributed by atoms with Crippen LogP contribution in [-0.2, 0) is 16.4 Å². The molecular formula is C23H20N2O5S. The number of rotatable bonds is 7. The minimum Gasteiger partial charge on any atom is -0.494 e. The molecule has 0 aliphatic heterocycles. The number of hydrogen-bond acceptors (Lipinski definition) is 6. The molecule has 0 fully saturated rings. The van der Waals surface area contributed by atoms with Gasteiger partial charge < -0.3 is 14.5 Å². The molecule has 2 aromatic carbocycles. The number of hydrogen-bond donors (Lipinski definition) is 1. The predicted molar refractivity (Wildman–Crippen MR) is 115 cm³/mol. The maximum atomic E-state index is 12.9. The highest BCUT2D eigenvalue weighted by atomic mass is 32.2. The Kier molecular flexibility index (Phi) is 5.73. The Morgan fingerprint density at radius 2 is 1.87 bits per heavy atom. The molecule has 4 rings (SSSR count). The highest BCUT2D eigenvalue weighted by Crippen LogP contribution is 2.25. The summed E-state index contributed by atoms with van der Waals surface area (Å²) in [5.41, 5.74) is 1.30. The van der Waals surface area contributed by atoms with Crippen molar-refractivity contribution < 1.29 is 22.4 Å². The van der Waals surface area contributed by atoms with E-state index in [1.165, 1.54) is 24.3 Å². The quantitative estimate of drug-likeness (QED) is 0.470. The van der Waals surface area contributed by atoms with Gasteiger partial charge in [-0.05, 0) is 55.0 Å². The number of ether oxygens (including phenoxy) is 1.